The van der Waals surface area contributed by atoms with Crippen molar-refractivity contribution in [3.63, 3.8) is 0 Å². The van der Waals surface area contributed by atoms with Crippen molar-refractivity contribution in [3.8, 4) is 0 Å². The van der Waals surface area contributed by atoms with Gasteiger partial charge in [0.15, 0.2) is 0 Å². The maximum absolute atomic E-state index is 12.9. The zero-order valence-corrected chi connectivity index (χ0v) is 19.8. The Morgan fingerprint density at radius 3 is 1.68 bits per heavy atom. The van der Waals surface area contributed by atoms with Gasteiger partial charge in [-0.3, -0.25) is 0 Å². The van der Waals surface area contributed by atoms with Crippen molar-refractivity contribution in [2.45, 2.75) is 6.16 Å². The van der Waals surface area contributed by atoms with Crippen LogP contribution in [0.15, 0.2) is 115 Å². The number of benzene rings is 4. The van der Waals surface area contributed by atoms with Gasteiger partial charge >= 0.3 is 192 Å². The SMILES string of the molecule is COC(=O)c1ccccc1P(Br)(Cc1ccccc1)(c1ccccc1)c1ccccc1. The van der Waals surface area contributed by atoms with E-state index in [2.05, 4.69) is 94.4 Å². The standard InChI is InChI=1S/C27H24BrO2P/c1-30-27(29)25-19-11-12-20-26(25)31(28,23-15-7-3-8-16-23,24-17-9-4-10-18-24)21-22-13-5-2-6-14-22/h2-20H,21H2,1H3. The Morgan fingerprint density at radius 1 is 0.710 bits per heavy atom. The summed E-state index contributed by atoms with van der Waals surface area (Å²) < 4.78 is 5.20. The van der Waals surface area contributed by atoms with Gasteiger partial charge in [0.25, 0.3) is 0 Å². The molecule has 4 aromatic carbocycles. The van der Waals surface area contributed by atoms with Gasteiger partial charge in [-0.05, 0) is 0 Å². The average molecular weight is 491 g/mol. The Labute approximate surface area is 191 Å². The van der Waals surface area contributed by atoms with Crippen molar-refractivity contribution < 1.29 is 9.53 Å². The van der Waals surface area contributed by atoms with Crippen LogP contribution in [0, 0.1) is 0 Å². The summed E-state index contributed by atoms with van der Waals surface area (Å²) in [7, 11) is 1.44. The molecule has 2 nitrogen and oxygen atoms in total. The topological polar surface area (TPSA) is 26.3 Å². The fourth-order valence-corrected chi connectivity index (χ4v) is 12.4. The second kappa shape index (κ2) is 8.78. The van der Waals surface area contributed by atoms with Gasteiger partial charge in [-0.2, -0.15) is 0 Å². The van der Waals surface area contributed by atoms with Gasteiger partial charge in [0.05, 0.1) is 0 Å². The normalized spacial score (nSPS) is 12.5. The first kappa shape index (κ1) is 21.5. The molecule has 0 atom stereocenters. The summed E-state index contributed by atoms with van der Waals surface area (Å²) in [6, 6.07) is 39.2. The van der Waals surface area contributed by atoms with Crippen LogP contribution in [0.5, 0.6) is 0 Å². The van der Waals surface area contributed by atoms with E-state index in [-0.39, 0.29) is 5.97 Å². The molecule has 4 aromatic rings. The average Bonchev–Trinajstić information content (AvgIpc) is 2.85. The molecular formula is C27H24BrO2P. The first-order valence-electron chi connectivity index (χ1n) is 10.1. The molecular weight excluding hydrogens is 467 g/mol. The number of hydrogen-bond donors (Lipinski definition) is 0. The zero-order chi connectivity index (χ0) is 21.8. The molecule has 4 rings (SSSR count). The maximum atomic E-state index is 12.9. The van der Waals surface area contributed by atoms with Crippen molar-refractivity contribution in [3.05, 3.63) is 126 Å². The van der Waals surface area contributed by atoms with E-state index in [4.69, 9.17) is 4.74 Å². The Morgan fingerprint density at radius 2 is 1.16 bits per heavy atom. The molecule has 0 aliphatic heterocycles. The van der Waals surface area contributed by atoms with Crippen LogP contribution in [0.4, 0.5) is 0 Å². The Hall–Kier alpha value is -2.74. The molecule has 0 heterocycles. The summed E-state index contributed by atoms with van der Waals surface area (Å²) in [5, 5.41) is 0.00759. The monoisotopic (exact) mass is 490 g/mol. The van der Waals surface area contributed by atoms with Crippen LogP contribution in [-0.2, 0) is 10.9 Å². The molecule has 0 bridgehead atoms. The number of methoxy groups -OCH3 is 1. The summed E-state index contributed by atoms with van der Waals surface area (Å²) in [6.07, 6.45) is 0.731. The van der Waals surface area contributed by atoms with Crippen molar-refractivity contribution in [2.24, 2.45) is 0 Å². The van der Waals surface area contributed by atoms with Crippen molar-refractivity contribution >= 4 is 42.7 Å². The third kappa shape index (κ3) is 3.73. The van der Waals surface area contributed by atoms with Gasteiger partial charge < -0.3 is 0 Å². The summed E-state index contributed by atoms with van der Waals surface area (Å²) in [5.41, 5.74) is 1.78. The molecule has 0 fully saturated rings. The van der Waals surface area contributed by atoms with Crippen LogP contribution in [0.2, 0.25) is 0 Å². The quantitative estimate of drug-likeness (QED) is 0.251. The molecule has 0 amide bonds. The molecule has 156 valence electrons. The second-order valence-corrected chi connectivity index (χ2v) is 16.4. The van der Waals surface area contributed by atoms with E-state index in [1.165, 1.54) is 23.3 Å². The number of carbonyl (C=O) groups is 1. The molecule has 0 aromatic heterocycles. The van der Waals surface area contributed by atoms with E-state index in [0.29, 0.717) is 5.56 Å². The van der Waals surface area contributed by atoms with Crippen LogP contribution in [0.25, 0.3) is 0 Å². The van der Waals surface area contributed by atoms with Gasteiger partial charge in [-0.15, -0.1) is 0 Å². The molecule has 0 saturated carbocycles. The van der Waals surface area contributed by atoms with Gasteiger partial charge in [0.2, 0.25) is 0 Å². The molecule has 0 aliphatic carbocycles. The predicted octanol–water partition coefficient (Wildman–Crippen LogP) is 5.81. The predicted molar refractivity (Wildman–Crippen MR) is 136 cm³/mol. The molecule has 0 N–H and O–H groups in total. The fraction of sp³-hybridized carbons (Fsp3) is 0.0741. The summed E-state index contributed by atoms with van der Waals surface area (Å²) in [6.45, 7) is 0. The Balaban J connectivity index is 2.16. The number of halogens is 1. The van der Waals surface area contributed by atoms with E-state index in [0.717, 1.165) is 11.5 Å². The number of rotatable bonds is 6. The van der Waals surface area contributed by atoms with Crippen molar-refractivity contribution in [1.82, 2.24) is 0 Å². The van der Waals surface area contributed by atoms with Crippen LogP contribution < -0.4 is 15.9 Å². The first-order chi connectivity index (χ1) is 15.1. The van der Waals surface area contributed by atoms with E-state index in [1.54, 1.807) is 0 Å². The van der Waals surface area contributed by atoms with Crippen LogP contribution >= 0.6 is 20.8 Å². The summed E-state index contributed by atoms with van der Waals surface area (Å²) in [4.78, 5) is 12.9. The molecule has 0 saturated heterocycles. The number of ether oxygens (including phenoxy) is 1. The number of hydrogen-bond acceptors (Lipinski definition) is 2. The van der Waals surface area contributed by atoms with Crippen molar-refractivity contribution in [2.75, 3.05) is 7.11 Å². The Kier molecular flexibility index (Phi) is 6.09. The minimum atomic E-state index is -3.30. The number of esters is 1. The van der Waals surface area contributed by atoms with E-state index >= 15 is 0 Å². The third-order valence-electron chi connectivity index (χ3n) is 5.72. The van der Waals surface area contributed by atoms with E-state index in [9.17, 15) is 4.79 Å². The Bertz CT molecular complexity index is 1140. The van der Waals surface area contributed by atoms with Gasteiger partial charge in [0, 0.05) is 0 Å². The van der Waals surface area contributed by atoms with Gasteiger partial charge in [-0.1, -0.05) is 0 Å². The molecule has 0 radical (unpaired) electrons. The fourth-order valence-electron chi connectivity index (χ4n) is 4.26. The second-order valence-electron chi connectivity index (χ2n) is 7.51. The van der Waals surface area contributed by atoms with Crippen LogP contribution in [0.3, 0.4) is 0 Å². The summed E-state index contributed by atoms with van der Waals surface area (Å²) >= 11 is 4.43. The zero-order valence-electron chi connectivity index (χ0n) is 17.3. The molecule has 0 unspecified atom stereocenters. The number of carbonyl (C=O) groups excluding carboxylic acids is 1. The van der Waals surface area contributed by atoms with Crippen LogP contribution in [-0.4, -0.2) is 13.1 Å². The van der Waals surface area contributed by atoms with Crippen LogP contribution in [0.1, 0.15) is 15.9 Å². The molecule has 0 spiro atoms. The molecule has 0 aliphatic rings. The third-order valence-corrected chi connectivity index (χ3v) is 15.2. The molecule has 4 heteroatoms. The van der Waals surface area contributed by atoms with E-state index < -0.39 is 5.31 Å². The minimum absolute atomic E-state index is 0.330. The van der Waals surface area contributed by atoms with Crippen molar-refractivity contribution in [1.29, 1.82) is 0 Å². The summed E-state index contributed by atoms with van der Waals surface area (Å²) in [5.74, 6) is -0.330. The van der Waals surface area contributed by atoms with Gasteiger partial charge in [-0.25, -0.2) is 0 Å². The van der Waals surface area contributed by atoms with Gasteiger partial charge in [0.1, 0.15) is 0 Å². The first-order valence-corrected chi connectivity index (χ1v) is 14.6. The van der Waals surface area contributed by atoms with E-state index in [1.807, 2.05) is 36.4 Å². The molecule has 31 heavy (non-hydrogen) atoms.